The highest BCUT2D eigenvalue weighted by Gasteiger charge is 2.37. The summed E-state index contributed by atoms with van der Waals surface area (Å²) in [5, 5.41) is 11.5. The maximum atomic E-state index is 13.9. The molecule has 0 bridgehead atoms. The molecule has 1 saturated heterocycles. The number of aliphatic imine (C=N–C) groups is 1. The number of guanidine groups is 1. The first-order valence-electron chi connectivity index (χ1n) is 12.0. The van der Waals surface area contributed by atoms with Crippen LogP contribution in [0.25, 0.3) is 0 Å². The lowest BCUT2D eigenvalue weighted by molar-refractivity contribution is 0.0817. The molecule has 1 unspecified atom stereocenters. The summed E-state index contributed by atoms with van der Waals surface area (Å²) in [5.41, 5.74) is 8.97. The molecule has 8 nitrogen and oxygen atoms in total. The van der Waals surface area contributed by atoms with E-state index in [0.717, 1.165) is 43.0 Å². The lowest BCUT2D eigenvalue weighted by atomic mass is 10.0. The van der Waals surface area contributed by atoms with E-state index in [0.29, 0.717) is 18.1 Å². The second-order valence-corrected chi connectivity index (χ2v) is 9.38. The molecular weight excluding hydrogens is 447 g/mol. The van der Waals surface area contributed by atoms with Crippen LogP contribution in [0.1, 0.15) is 43.7 Å². The van der Waals surface area contributed by atoms with E-state index >= 15 is 0 Å². The van der Waals surface area contributed by atoms with Gasteiger partial charge in [0.25, 0.3) is 0 Å². The molecule has 5 rings (SSSR count). The Kier molecular flexibility index (Phi) is 6.44. The van der Waals surface area contributed by atoms with E-state index in [1.54, 1.807) is 22.9 Å². The Morgan fingerprint density at radius 1 is 1.20 bits per heavy atom. The second-order valence-electron chi connectivity index (χ2n) is 9.38. The smallest absolute Gasteiger partial charge is 0.201 e. The van der Waals surface area contributed by atoms with Crippen molar-refractivity contribution in [3.8, 4) is 11.5 Å². The van der Waals surface area contributed by atoms with Gasteiger partial charge in [0.2, 0.25) is 5.96 Å². The van der Waals surface area contributed by atoms with E-state index in [2.05, 4.69) is 29.6 Å². The summed E-state index contributed by atoms with van der Waals surface area (Å²) in [4.78, 5) is 4.85. The third kappa shape index (κ3) is 5.01. The summed E-state index contributed by atoms with van der Waals surface area (Å²) in [6.45, 7) is 5.70. The summed E-state index contributed by atoms with van der Waals surface area (Å²) in [6, 6.07) is 14.1. The van der Waals surface area contributed by atoms with E-state index < -0.39 is 11.6 Å². The number of nitrogens with zero attached hydrogens (tertiary/aromatic N) is 3. The molecule has 1 aromatic heterocycles. The van der Waals surface area contributed by atoms with Crippen LogP contribution in [0.15, 0.2) is 59.7 Å². The van der Waals surface area contributed by atoms with Gasteiger partial charge in [-0.15, -0.1) is 0 Å². The van der Waals surface area contributed by atoms with Crippen molar-refractivity contribution in [2.75, 3.05) is 13.2 Å². The van der Waals surface area contributed by atoms with Gasteiger partial charge in [0.05, 0.1) is 6.20 Å². The molecule has 2 aliphatic rings. The highest BCUT2D eigenvalue weighted by molar-refractivity contribution is 5.84. The fraction of sp³-hybridized carbons (Fsp3) is 0.385. The molecule has 3 heterocycles. The maximum Gasteiger partial charge on any atom is 0.201 e. The van der Waals surface area contributed by atoms with Crippen LogP contribution in [0.2, 0.25) is 0 Å². The summed E-state index contributed by atoms with van der Waals surface area (Å²) >= 11 is 0. The van der Waals surface area contributed by atoms with Crippen LogP contribution >= 0.6 is 0 Å². The second kappa shape index (κ2) is 9.67. The van der Waals surface area contributed by atoms with E-state index in [-0.39, 0.29) is 17.7 Å². The molecule has 0 amide bonds. The molecule has 35 heavy (non-hydrogen) atoms. The van der Waals surface area contributed by atoms with Gasteiger partial charge in [0, 0.05) is 31.2 Å². The van der Waals surface area contributed by atoms with Crippen molar-refractivity contribution in [3.05, 3.63) is 71.7 Å². The number of nitrogens with one attached hydrogen (secondary N) is 2. The van der Waals surface area contributed by atoms with Gasteiger partial charge in [-0.25, -0.2) is 9.07 Å². The number of ether oxygens (including phenoxy) is 2. The predicted octanol–water partition coefficient (Wildman–Crippen LogP) is 4.11. The lowest BCUT2D eigenvalue weighted by Gasteiger charge is -2.38. The molecule has 4 N–H and O–H groups in total. The van der Waals surface area contributed by atoms with Gasteiger partial charge >= 0.3 is 0 Å². The molecule has 3 aromatic rings. The molecule has 2 aromatic carbocycles. The molecule has 0 saturated carbocycles. The first kappa shape index (κ1) is 23.3. The average molecular weight is 479 g/mol. The van der Waals surface area contributed by atoms with Crippen LogP contribution in [0, 0.1) is 5.82 Å². The normalized spacial score (nSPS) is 20.2. The van der Waals surface area contributed by atoms with Crippen LogP contribution in [-0.2, 0) is 16.9 Å². The molecule has 0 aliphatic carbocycles. The Balaban J connectivity index is 1.38. The molecule has 1 atom stereocenters. The monoisotopic (exact) mass is 478 g/mol. The van der Waals surface area contributed by atoms with Crippen LogP contribution in [0.5, 0.6) is 11.5 Å². The van der Waals surface area contributed by atoms with Crippen LogP contribution in [0.4, 0.5) is 10.2 Å². The predicted molar refractivity (Wildman–Crippen MR) is 132 cm³/mol. The highest BCUT2D eigenvalue weighted by Crippen LogP contribution is 2.33. The van der Waals surface area contributed by atoms with Crippen molar-refractivity contribution in [3.63, 3.8) is 0 Å². The third-order valence-corrected chi connectivity index (χ3v) is 6.35. The van der Waals surface area contributed by atoms with Crippen molar-refractivity contribution in [1.29, 1.82) is 0 Å². The number of hydrogen-bond acceptors (Lipinski definition) is 7. The topological polar surface area (TPSA) is 98.7 Å². The maximum absolute atomic E-state index is 13.9. The molecule has 184 valence electrons. The number of hydrogen-bond donors (Lipinski definition) is 3. The average Bonchev–Trinajstić information content (AvgIpc) is 3.28. The van der Waals surface area contributed by atoms with Gasteiger partial charge in [-0.1, -0.05) is 38.1 Å². The van der Waals surface area contributed by atoms with Gasteiger partial charge in [-0.3, -0.25) is 5.73 Å². The summed E-state index contributed by atoms with van der Waals surface area (Å²) in [7, 11) is 0. The quantitative estimate of drug-likeness (QED) is 0.493. The van der Waals surface area contributed by atoms with E-state index in [4.69, 9.17) is 20.2 Å². The van der Waals surface area contributed by atoms with Gasteiger partial charge in [0.15, 0.2) is 23.2 Å². The van der Waals surface area contributed by atoms with Crippen molar-refractivity contribution < 1.29 is 13.9 Å². The molecule has 1 fully saturated rings. The summed E-state index contributed by atoms with van der Waals surface area (Å²) < 4.78 is 26.9. The Morgan fingerprint density at radius 2 is 1.94 bits per heavy atom. The zero-order chi connectivity index (χ0) is 24.4. The van der Waals surface area contributed by atoms with E-state index in [1.165, 1.54) is 6.07 Å². The Morgan fingerprint density at radius 3 is 2.66 bits per heavy atom. The lowest BCUT2D eigenvalue weighted by Crippen LogP contribution is -2.64. The first-order valence-corrected chi connectivity index (χ1v) is 12.0. The van der Waals surface area contributed by atoms with Crippen molar-refractivity contribution >= 4 is 11.8 Å². The fourth-order valence-electron chi connectivity index (χ4n) is 4.42. The minimum atomic E-state index is -1.02. The number of fused-ring (bicyclic) bond motifs is 1. The molecule has 2 aliphatic heterocycles. The number of nitrogens with two attached hydrogens (primary N) is 1. The SMILES string of the molecule is CC(C)c1cnn2c1N=C(NC1CCOCC1)NC2(N)Cc1ccc(Oc2ccccc2F)cc1. The number of rotatable bonds is 6. The van der Waals surface area contributed by atoms with Crippen molar-refractivity contribution in [2.45, 2.75) is 50.9 Å². The van der Waals surface area contributed by atoms with E-state index in [9.17, 15) is 4.39 Å². The number of para-hydroxylation sites is 1. The number of benzene rings is 2. The Labute approximate surface area is 204 Å². The minimum absolute atomic E-state index is 0.187. The minimum Gasteiger partial charge on any atom is -0.454 e. The Bertz CT molecular complexity index is 1200. The third-order valence-electron chi connectivity index (χ3n) is 6.35. The van der Waals surface area contributed by atoms with Crippen LogP contribution in [0.3, 0.4) is 0 Å². The van der Waals surface area contributed by atoms with Crippen molar-refractivity contribution in [1.82, 2.24) is 20.4 Å². The van der Waals surface area contributed by atoms with Crippen LogP contribution in [-0.4, -0.2) is 35.0 Å². The number of aromatic nitrogens is 2. The van der Waals surface area contributed by atoms with Crippen LogP contribution < -0.4 is 21.1 Å². The van der Waals surface area contributed by atoms with Crippen molar-refractivity contribution in [2.24, 2.45) is 10.7 Å². The molecule has 0 spiro atoms. The molecule has 0 radical (unpaired) electrons. The first-order chi connectivity index (χ1) is 16.9. The zero-order valence-electron chi connectivity index (χ0n) is 20.0. The standard InChI is InChI=1S/C26H31FN6O2/c1-17(2)21-16-29-33-24(21)31-25(30-19-11-13-34-14-12-19)32-26(33,28)15-18-7-9-20(10-8-18)35-23-6-4-3-5-22(23)27/h3-10,16-17,19H,11-15,28H2,1-2H3,(H2,30,31,32). The highest BCUT2D eigenvalue weighted by atomic mass is 19.1. The molecular formula is C26H31FN6O2. The zero-order valence-corrected chi connectivity index (χ0v) is 20.0. The van der Waals surface area contributed by atoms with Gasteiger partial charge < -0.3 is 20.1 Å². The summed E-state index contributed by atoms with van der Waals surface area (Å²) in [5.74, 6) is 0.970. The van der Waals surface area contributed by atoms with Gasteiger partial charge in [0.1, 0.15) is 5.75 Å². The fourth-order valence-corrected chi connectivity index (χ4v) is 4.42. The van der Waals surface area contributed by atoms with E-state index in [1.807, 2.05) is 30.5 Å². The van der Waals surface area contributed by atoms with Gasteiger partial charge in [-0.2, -0.15) is 10.1 Å². The largest absolute Gasteiger partial charge is 0.454 e. The van der Waals surface area contributed by atoms with Gasteiger partial charge in [-0.05, 0) is 48.6 Å². The molecule has 9 heteroatoms. The number of halogens is 1. The Hall–Kier alpha value is -3.43. The summed E-state index contributed by atoms with van der Waals surface area (Å²) in [6.07, 6.45) is 4.12.